The van der Waals surface area contributed by atoms with E-state index in [-0.39, 0.29) is 5.91 Å². The summed E-state index contributed by atoms with van der Waals surface area (Å²) in [5.41, 5.74) is 4.77. The highest BCUT2D eigenvalue weighted by molar-refractivity contribution is 5.99. The number of hydrogen-bond acceptors (Lipinski definition) is 5. The number of rotatable bonds is 7. The number of amides is 1. The van der Waals surface area contributed by atoms with E-state index in [9.17, 15) is 4.79 Å². The van der Waals surface area contributed by atoms with Crippen LogP contribution in [-0.4, -0.2) is 54.9 Å². The third-order valence-corrected chi connectivity index (χ3v) is 5.46. The second kappa shape index (κ2) is 9.00. The second-order valence-electron chi connectivity index (χ2n) is 7.28. The zero-order valence-corrected chi connectivity index (χ0v) is 17.3. The molecule has 4 rings (SSSR count). The fourth-order valence-corrected chi connectivity index (χ4v) is 3.84. The van der Waals surface area contributed by atoms with Crippen LogP contribution in [0.4, 0.5) is 0 Å². The molecule has 0 radical (unpaired) electrons. The molecular weight excluding hydrogens is 380 g/mol. The predicted octanol–water partition coefficient (Wildman–Crippen LogP) is 2.88. The van der Waals surface area contributed by atoms with Gasteiger partial charge in [0, 0.05) is 31.7 Å². The molecule has 2 N–H and O–H groups in total. The van der Waals surface area contributed by atoms with Crippen molar-refractivity contribution in [3.05, 3.63) is 65.4 Å². The third-order valence-electron chi connectivity index (χ3n) is 5.46. The number of carbonyl (C=O) groups excluding carboxylic acids is 1. The molecule has 7 heteroatoms. The molecule has 7 nitrogen and oxygen atoms in total. The number of nitrogens with one attached hydrogen (secondary N) is 2. The standard InChI is InChI=1S/C23H26N4O3/c1-29-20-12-17-8-10-27(15-18(17)13-21(20)30-2)11-9-24-23(28)19-14-25-26-22(19)16-6-4-3-5-7-16/h3-7,12-14H,8-11,15H2,1-2H3,(H,24,28)(H,25,26). The van der Waals surface area contributed by atoms with Crippen LogP contribution in [0.3, 0.4) is 0 Å². The van der Waals surface area contributed by atoms with Gasteiger partial charge < -0.3 is 14.8 Å². The molecule has 0 fully saturated rings. The lowest BCUT2D eigenvalue weighted by atomic mass is 9.99. The lowest BCUT2D eigenvalue weighted by Crippen LogP contribution is -2.37. The third kappa shape index (κ3) is 4.16. The summed E-state index contributed by atoms with van der Waals surface area (Å²) in [4.78, 5) is 15.0. The molecule has 0 saturated heterocycles. The molecule has 0 saturated carbocycles. The van der Waals surface area contributed by atoms with Crippen molar-refractivity contribution in [2.24, 2.45) is 0 Å². The van der Waals surface area contributed by atoms with Crippen LogP contribution in [-0.2, 0) is 13.0 Å². The Balaban J connectivity index is 1.35. The zero-order chi connectivity index (χ0) is 20.9. The maximum Gasteiger partial charge on any atom is 0.255 e. The minimum absolute atomic E-state index is 0.119. The van der Waals surface area contributed by atoms with Crippen LogP contribution < -0.4 is 14.8 Å². The molecule has 3 aromatic rings. The molecule has 1 amide bonds. The van der Waals surface area contributed by atoms with E-state index in [4.69, 9.17) is 9.47 Å². The van der Waals surface area contributed by atoms with E-state index in [1.807, 2.05) is 30.3 Å². The summed E-state index contributed by atoms with van der Waals surface area (Å²) in [6.07, 6.45) is 2.53. The highest BCUT2D eigenvalue weighted by Gasteiger charge is 2.20. The number of carbonyl (C=O) groups is 1. The molecule has 0 bridgehead atoms. The Morgan fingerprint density at radius 2 is 1.87 bits per heavy atom. The molecule has 2 heterocycles. The summed E-state index contributed by atoms with van der Waals surface area (Å²) in [7, 11) is 3.31. The van der Waals surface area contributed by atoms with Gasteiger partial charge in [0.05, 0.1) is 31.7 Å². The van der Waals surface area contributed by atoms with Crippen LogP contribution in [0.5, 0.6) is 11.5 Å². The number of aromatic amines is 1. The predicted molar refractivity (Wildman–Crippen MR) is 115 cm³/mol. The molecule has 1 aliphatic heterocycles. The van der Waals surface area contributed by atoms with E-state index in [2.05, 4.69) is 32.5 Å². The average Bonchev–Trinajstić information content (AvgIpc) is 3.28. The lowest BCUT2D eigenvalue weighted by molar-refractivity contribution is 0.0948. The number of methoxy groups -OCH3 is 2. The van der Waals surface area contributed by atoms with Crippen molar-refractivity contribution in [2.75, 3.05) is 33.9 Å². The van der Waals surface area contributed by atoms with Crippen molar-refractivity contribution >= 4 is 5.91 Å². The fraction of sp³-hybridized carbons (Fsp3) is 0.304. The summed E-state index contributed by atoms with van der Waals surface area (Å²) < 4.78 is 10.8. The van der Waals surface area contributed by atoms with Gasteiger partial charge in [0.15, 0.2) is 11.5 Å². The Kier molecular flexibility index (Phi) is 5.99. The molecule has 2 aromatic carbocycles. The minimum atomic E-state index is -0.119. The molecule has 30 heavy (non-hydrogen) atoms. The molecule has 0 unspecified atom stereocenters. The van der Waals surface area contributed by atoms with Crippen molar-refractivity contribution in [2.45, 2.75) is 13.0 Å². The summed E-state index contributed by atoms with van der Waals surface area (Å²) in [5.74, 6) is 1.40. The van der Waals surface area contributed by atoms with Gasteiger partial charge in [0.25, 0.3) is 5.91 Å². The molecule has 0 atom stereocenters. The monoisotopic (exact) mass is 406 g/mol. The van der Waals surface area contributed by atoms with Gasteiger partial charge >= 0.3 is 0 Å². The molecule has 1 aromatic heterocycles. The summed E-state index contributed by atoms with van der Waals surface area (Å²) in [5, 5.41) is 10.0. The summed E-state index contributed by atoms with van der Waals surface area (Å²) in [6.45, 7) is 3.12. The van der Waals surface area contributed by atoms with Gasteiger partial charge in [0.2, 0.25) is 0 Å². The number of fused-ring (bicyclic) bond motifs is 1. The van der Waals surface area contributed by atoms with Crippen molar-refractivity contribution < 1.29 is 14.3 Å². The molecule has 0 spiro atoms. The summed E-state index contributed by atoms with van der Waals surface area (Å²) in [6, 6.07) is 13.9. The van der Waals surface area contributed by atoms with Crippen molar-refractivity contribution in [1.29, 1.82) is 0 Å². The number of aromatic nitrogens is 2. The maximum absolute atomic E-state index is 12.7. The van der Waals surface area contributed by atoms with E-state index < -0.39 is 0 Å². The van der Waals surface area contributed by atoms with Crippen LogP contribution in [0.2, 0.25) is 0 Å². The Hall–Kier alpha value is -3.32. The van der Waals surface area contributed by atoms with E-state index in [0.29, 0.717) is 12.1 Å². The Morgan fingerprint density at radius 1 is 1.13 bits per heavy atom. The first-order chi connectivity index (χ1) is 14.7. The Bertz CT molecular complexity index is 1020. The van der Waals surface area contributed by atoms with E-state index in [1.54, 1.807) is 20.4 Å². The molecular formula is C23H26N4O3. The van der Waals surface area contributed by atoms with Gasteiger partial charge in [-0.25, -0.2) is 0 Å². The van der Waals surface area contributed by atoms with Crippen molar-refractivity contribution in [3.8, 4) is 22.8 Å². The summed E-state index contributed by atoms with van der Waals surface area (Å²) >= 11 is 0. The second-order valence-corrected chi connectivity index (χ2v) is 7.28. The molecule has 0 aliphatic carbocycles. The first-order valence-electron chi connectivity index (χ1n) is 10.0. The van der Waals surface area contributed by atoms with Gasteiger partial charge in [-0.2, -0.15) is 5.10 Å². The highest BCUT2D eigenvalue weighted by Crippen LogP contribution is 2.33. The average molecular weight is 406 g/mol. The fourth-order valence-electron chi connectivity index (χ4n) is 3.84. The van der Waals surface area contributed by atoms with Gasteiger partial charge in [-0.15, -0.1) is 0 Å². The highest BCUT2D eigenvalue weighted by atomic mass is 16.5. The first-order valence-corrected chi connectivity index (χ1v) is 10.0. The number of hydrogen-bond donors (Lipinski definition) is 2. The largest absolute Gasteiger partial charge is 0.493 e. The van der Waals surface area contributed by atoms with Gasteiger partial charge in [-0.3, -0.25) is 14.8 Å². The number of H-pyrrole nitrogens is 1. The zero-order valence-electron chi connectivity index (χ0n) is 17.3. The maximum atomic E-state index is 12.7. The van der Waals surface area contributed by atoms with Crippen LogP contribution in [0.1, 0.15) is 21.5 Å². The van der Waals surface area contributed by atoms with Gasteiger partial charge in [-0.1, -0.05) is 30.3 Å². The van der Waals surface area contributed by atoms with Crippen LogP contribution in [0, 0.1) is 0 Å². The normalized spacial score (nSPS) is 13.5. The van der Waals surface area contributed by atoms with Crippen molar-refractivity contribution in [3.63, 3.8) is 0 Å². The first kappa shape index (κ1) is 20.0. The SMILES string of the molecule is COc1cc2c(cc1OC)CN(CCNC(=O)c1cn[nH]c1-c1ccccc1)CC2. The minimum Gasteiger partial charge on any atom is -0.493 e. The van der Waals surface area contributed by atoms with Crippen molar-refractivity contribution in [1.82, 2.24) is 20.4 Å². The smallest absolute Gasteiger partial charge is 0.255 e. The van der Waals surface area contributed by atoms with Crippen LogP contribution >= 0.6 is 0 Å². The number of benzene rings is 2. The van der Waals surface area contributed by atoms with E-state index >= 15 is 0 Å². The van der Waals surface area contributed by atoms with E-state index in [0.717, 1.165) is 48.8 Å². The van der Waals surface area contributed by atoms with Crippen LogP contribution in [0.25, 0.3) is 11.3 Å². The van der Waals surface area contributed by atoms with E-state index in [1.165, 1.54) is 11.1 Å². The molecule has 156 valence electrons. The lowest BCUT2D eigenvalue weighted by Gasteiger charge is -2.29. The topological polar surface area (TPSA) is 79.5 Å². The Morgan fingerprint density at radius 3 is 2.60 bits per heavy atom. The number of ether oxygens (including phenoxy) is 2. The number of nitrogens with zero attached hydrogens (tertiary/aromatic N) is 2. The molecule has 1 aliphatic rings. The quantitative estimate of drug-likeness (QED) is 0.631. The Labute approximate surface area is 176 Å². The van der Waals surface area contributed by atoms with Crippen LogP contribution in [0.15, 0.2) is 48.7 Å². The van der Waals surface area contributed by atoms with Gasteiger partial charge in [0.1, 0.15) is 0 Å². The van der Waals surface area contributed by atoms with Gasteiger partial charge in [-0.05, 0) is 29.7 Å².